The number of aromatic nitrogens is 3. The molecule has 2 rings (SSSR count). The van der Waals surface area contributed by atoms with E-state index in [4.69, 9.17) is 11.6 Å². The molecule has 0 aliphatic carbocycles. The molecule has 0 saturated heterocycles. The van der Waals surface area contributed by atoms with E-state index in [1.807, 2.05) is 38.1 Å². The molecule has 0 aliphatic heterocycles. The predicted molar refractivity (Wildman–Crippen MR) is 66.8 cm³/mol. The van der Waals surface area contributed by atoms with E-state index >= 15 is 0 Å². The van der Waals surface area contributed by atoms with Gasteiger partial charge in [0.25, 0.3) is 0 Å². The summed E-state index contributed by atoms with van der Waals surface area (Å²) in [6.45, 7) is 3.91. The minimum atomic E-state index is -0.130. The predicted octanol–water partition coefficient (Wildman–Crippen LogP) is 2.67. The molecule has 0 bridgehead atoms. The summed E-state index contributed by atoms with van der Waals surface area (Å²) < 4.78 is 1.79. The highest BCUT2D eigenvalue weighted by Gasteiger charge is 2.16. The first-order valence-corrected chi connectivity index (χ1v) is 5.82. The van der Waals surface area contributed by atoms with Gasteiger partial charge >= 0.3 is 0 Å². The zero-order valence-corrected chi connectivity index (χ0v) is 10.5. The lowest BCUT2D eigenvalue weighted by Gasteiger charge is -2.10. The molecule has 0 saturated carbocycles. The van der Waals surface area contributed by atoms with Crippen molar-refractivity contribution in [2.75, 3.05) is 0 Å². The van der Waals surface area contributed by atoms with Gasteiger partial charge in [-0.1, -0.05) is 28.9 Å². The number of hydrogen-bond acceptors (Lipinski definition) is 3. The summed E-state index contributed by atoms with van der Waals surface area (Å²) in [6.07, 6.45) is 0. The first-order chi connectivity index (χ1) is 8.13. The van der Waals surface area contributed by atoms with Gasteiger partial charge in [-0.15, -0.1) is 5.10 Å². The Bertz CT molecular complexity index is 522. The van der Waals surface area contributed by atoms with E-state index in [2.05, 4.69) is 10.3 Å². The van der Waals surface area contributed by atoms with E-state index in [0.717, 1.165) is 11.3 Å². The molecule has 0 unspecified atom stereocenters. The second-order valence-corrected chi connectivity index (χ2v) is 4.53. The van der Waals surface area contributed by atoms with Crippen molar-refractivity contribution in [3.8, 4) is 11.3 Å². The number of halogens is 1. The average molecular weight is 252 g/mol. The minimum Gasteiger partial charge on any atom is -0.390 e. The molecule has 0 atom stereocenters. The summed E-state index contributed by atoms with van der Waals surface area (Å²) in [5.74, 6) is 0. The average Bonchev–Trinajstić information content (AvgIpc) is 2.72. The highest BCUT2D eigenvalue weighted by atomic mass is 35.5. The monoisotopic (exact) mass is 251 g/mol. The van der Waals surface area contributed by atoms with Crippen LogP contribution in [0.1, 0.15) is 25.6 Å². The van der Waals surface area contributed by atoms with Crippen LogP contribution in [0.15, 0.2) is 24.3 Å². The van der Waals surface area contributed by atoms with E-state index < -0.39 is 0 Å². The maximum absolute atomic E-state index is 9.30. The first-order valence-electron chi connectivity index (χ1n) is 5.44. The molecule has 0 fully saturated rings. The Kier molecular flexibility index (Phi) is 3.45. The van der Waals surface area contributed by atoms with Crippen LogP contribution in [0.25, 0.3) is 11.3 Å². The minimum absolute atomic E-state index is 0.130. The lowest BCUT2D eigenvalue weighted by atomic mass is 10.1. The summed E-state index contributed by atoms with van der Waals surface area (Å²) >= 11 is 5.98. The lowest BCUT2D eigenvalue weighted by Crippen LogP contribution is -2.05. The largest absolute Gasteiger partial charge is 0.390 e. The molecule has 17 heavy (non-hydrogen) atoms. The van der Waals surface area contributed by atoms with Gasteiger partial charge in [0.05, 0.1) is 12.3 Å². The van der Waals surface area contributed by atoms with E-state index in [0.29, 0.717) is 10.7 Å². The third-order valence-electron chi connectivity index (χ3n) is 2.50. The Balaban J connectivity index is 2.60. The van der Waals surface area contributed by atoms with Gasteiger partial charge in [-0.05, 0) is 26.0 Å². The molecule has 0 spiro atoms. The molecule has 0 radical (unpaired) electrons. The summed E-state index contributed by atoms with van der Waals surface area (Å²) in [5.41, 5.74) is 2.31. The lowest BCUT2D eigenvalue weighted by molar-refractivity contribution is 0.277. The quantitative estimate of drug-likeness (QED) is 0.913. The smallest absolute Gasteiger partial charge is 0.116 e. The maximum atomic E-state index is 9.30. The SMILES string of the molecule is CC(C)n1nnc(CO)c1-c1cccc(Cl)c1. The molecule has 1 heterocycles. The van der Waals surface area contributed by atoms with Crippen molar-refractivity contribution in [2.45, 2.75) is 26.5 Å². The normalized spacial score (nSPS) is 11.1. The van der Waals surface area contributed by atoms with Gasteiger partial charge in [0.1, 0.15) is 5.69 Å². The van der Waals surface area contributed by atoms with Crippen LogP contribution in [-0.4, -0.2) is 20.1 Å². The topological polar surface area (TPSA) is 50.9 Å². The van der Waals surface area contributed by atoms with E-state index in [1.54, 1.807) is 4.68 Å². The molecule has 4 nitrogen and oxygen atoms in total. The van der Waals surface area contributed by atoms with Gasteiger partial charge in [-0.25, -0.2) is 4.68 Å². The van der Waals surface area contributed by atoms with E-state index in [1.165, 1.54) is 0 Å². The van der Waals surface area contributed by atoms with Crippen molar-refractivity contribution in [3.05, 3.63) is 35.0 Å². The van der Waals surface area contributed by atoms with Gasteiger partial charge in [0, 0.05) is 16.6 Å². The second-order valence-electron chi connectivity index (χ2n) is 4.09. The third-order valence-corrected chi connectivity index (χ3v) is 2.74. The second kappa shape index (κ2) is 4.85. The van der Waals surface area contributed by atoms with Crippen molar-refractivity contribution < 1.29 is 5.11 Å². The molecule has 5 heteroatoms. The number of rotatable bonds is 3. The Morgan fingerprint density at radius 2 is 2.18 bits per heavy atom. The van der Waals surface area contributed by atoms with Gasteiger partial charge in [0.15, 0.2) is 0 Å². The highest BCUT2D eigenvalue weighted by molar-refractivity contribution is 6.30. The summed E-state index contributed by atoms with van der Waals surface area (Å²) in [6, 6.07) is 7.64. The summed E-state index contributed by atoms with van der Waals surface area (Å²) in [7, 11) is 0. The number of nitrogens with zero attached hydrogens (tertiary/aromatic N) is 3. The zero-order chi connectivity index (χ0) is 12.4. The fraction of sp³-hybridized carbons (Fsp3) is 0.333. The number of benzene rings is 1. The molecule has 1 aromatic heterocycles. The van der Waals surface area contributed by atoms with Crippen molar-refractivity contribution >= 4 is 11.6 Å². The maximum Gasteiger partial charge on any atom is 0.116 e. The van der Waals surface area contributed by atoms with Gasteiger partial charge in [0.2, 0.25) is 0 Å². The van der Waals surface area contributed by atoms with Crippen LogP contribution in [0.4, 0.5) is 0 Å². The Hall–Kier alpha value is -1.39. The van der Waals surface area contributed by atoms with Crippen LogP contribution in [-0.2, 0) is 6.61 Å². The number of aliphatic hydroxyl groups is 1. The first kappa shape index (κ1) is 12.1. The number of aliphatic hydroxyl groups excluding tert-OH is 1. The van der Waals surface area contributed by atoms with Crippen LogP contribution in [0.3, 0.4) is 0 Å². The van der Waals surface area contributed by atoms with Crippen molar-refractivity contribution in [3.63, 3.8) is 0 Å². The van der Waals surface area contributed by atoms with Gasteiger partial charge in [-0.2, -0.15) is 0 Å². The fourth-order valence-electron chi connectivity index (χ4n) is 1.73. The summed E-state index contributed by atoms with van der Waals surface area (Å²) in [4.78, 5) is 0. The molecule has 2 aromatic rings. The van der Waals surface area contributed by atoms with E-state index in [9.17, 15) is 5.11 Å². The zero-order valence-electron chi connectivity index (χ0n) is 9.76. The molecule has 0 aliphatic rings. The summed E-state index contributed by atoms with van der Waals surface area (Å²) in [5, 5.41) is 18.0. The van der Waals surface area contributed by atoms with Crippen molar-refractivity contribution in [1.29, 1.82) is 0 Å². The van der Waals surface area contributed by atoms with Crippen LogP contribution < -0.4 is 0 Å². The Morgan fingerprint density at radius 3 is 2.76 bits per heavy atom. The van der Waals surface area contributed by atoms with Gasteiger partial charge < -0.3 is 5.11 Å². The number of hydrogen-bond donors (Lipinski definition) is 1. The highest BCUT2D eigenvalue weighted by Crippen LogP contribution is 2.27. The van der Waals surface area contributed by atoms with Crippen molar-refractivity contribution in [2.24, 2.45) is 0 Å². The Labute approximate surface area is 105 Å². The molecular weight excluding hydrogens is 238 g/mol. The van der Waals surface area contributed by atoms with Crippen LogP contribution in [0.2, 0.25) is 5.02 Å². The third kappa shape index (κ3) is 2.33. The molecule has 1 aromatic carbocycles. The Morgan fingerprint density at radius 1 is 1.41 bits per heavy atom. The molecule has 0 amide bonds. The van der Waals surface area contributed by atoms with E-state index in [-0.39, 0.29) is 12.6 Å². The van der Waals surface area contributed by atoms with Crippen LogP contribution in [0, 0.1) is 0 Å². The molecule has 1 N–H and O–H groups in total. The van der Waals surface area contributed by atoms with Crippen LogP contribution in [0.5, 0.6) is 0 Å². The fourth-order valence-corrected chi connectivity index (χ4v) is 1.92. The molecule has 90 valence electrons. The molecular formula is C12H14ClN3O. The van der Waals surface area contributed by atoms with Crippen molar-refractivity contribution in [1.82, 2.24) is 15.0 Å². The standard InChI is InChI=1S/C12H14ClN3O/c1-8(2)16-12(11(7-17)14-15-16)9-4-3-5-10(13)6-9/h3-6,8,17H,7H2,1-2H3. The van der Waals surface area contributed by atoms with Crippen LogP contribution >= 0.6 is 11.6 Å². The van der Waals surface area contributed by atoms with Gasteiger partial charge in [-0.3, -0.25) is 0 Å².